The molecule has 2 aliphatic rings. The van der Waals surface area contributed by atoms with E-state index < -0.39 is 5.60 Å². The van der Waals surface area contributed by atoms with E-state index in [4.69, 9.17) is 9.47 Å². The van der Waals surface area contributed by atoms with Crippen LogP contribution in [0.5, 0.6) is 17.2 Å². The number of H-pyrrole nitrogens is 1. The molecular weight excluding hydrogens is 408 g/mol. The molecule has 2 aromatic carbocycles. The number of ether oxygens (including phenoxy) is 2. The van der Waals surface area contributed by atoms with Crippen LogP contribution in [0.3, 0.4) is 0 Å². The standard InChI is InChI=1S/C25H26N2O5/c1-25(2)12-20(29)23-19(28)10-14(11-21(23)32-25)31-13-22(30)26-18-9-5-7-16-15-6-3-4-8-17(15)27-24(16)18/h3-4,6,8,10-11,18,27-28H,5,7,9,12-13H2,1-2H3,(H,26,30)/t18-/m1/s1. The minimum Gasteiger partial charge on any atom is -0.507 e. The van der Waals surface area contributed by atoms with Crippen LogP contribution in [0.4, 0.5) is 0 Å². The highest BCUT2D eigenvalue weighted by Crippen LogP contribution is 2.41. The Morgan fingerprint density at radius 1 is 1.31 bits per heavy atom. The Morgan fingerprint density at radius 2 is 2.12 bits per heavy atom. The van der Waals surface area contributed by atoms with E-state index in [2.05, 4.69) is 16.4 Å². The molecule has 0 radical (unpaired) electrons. The average Bonchev–Trinajstić information content (AvgIpc) is 3.10. The van der Waals surface area contributed by atoms with Gasteiger partial charge in [0.2, 0.25) is 0 Å². The monoisotopic (exact) mass is 434 g/mol. The summed E-state index contributed by atoms with van der Waals surface area (Å²) >= 11 is 0. The molecule has 0 fully saturated rings. The number of ketones is 1. The first kappa shape index (κ1) is 20.4. The van der Waals surface area contributed by atoms with Gasteiger partial charge in [0.1, 0.15) is 28.4 Å². The lowest BCUT2D eigenvalue weighted by atomic mass is 9.91. The van der Waals surface area contributed by atoms with Crippen LogP contribution in [0.2, 0.25) is 0 Å². The minimum atomic E-state index is -0.662. The van der Waals surface area contributed by atoms with Crippen LogP contribution in [0.1, 0.15) is 60.8 Å². The van der Waals surface area contributed by atoms with E-state index >= 15 is 0 Å². The number of phenolic OH excluding ortho intramolecular Hbond substituents is 1. The second kappa shape index (κ2) is 7.58. The number of rotatable bonds is 4. The summed E-state index contributed by atoms with van der Waals surface area (Å²) in [6.45, 7) is 3.42. The Balaban J connectivity index is 1.29. The van der Waals surface area contributed by atoms with Crippen LogP contribution in [-0.2, 0) is 11.2 Å². The van der Waals surface area contributed by atoms with Crippen LogP contribution < -0.4 is 14.8 Å². The highest BCUT2D eigenvalue weighted by Gasteiger charge is 2.35. The van der Waals surface area contributed by atoms with Crippen LogP contribution in [0.25, 0.3) is 10.9 Å². The summed E-state index contributed by atoms with van der Waals surface area (Å²) in [4.78, 5) is 28.4. The van der Waals surface area contributed by atoms with Crippen LogP contribution in [-0.4, -0.2) is 34.0 Å². The second-order valence-electron chi connectivity index (χ2n) is 9.14. The second-order valence-corrected chi connectivity index (χ2v) is 9.14. The number of carbonyl (C=O) groups is 2. The molecule has 3 N–H and O–H groups in total. The van der Waals surface area contributed by atoms with Gasteiger partial charge in [-0.3, -0.25) is 9.59 Å². The van der Waals surface area contributed by atoms with Crippen LogP contribution >= 0.6 is 0 Å². The minimum absolute atomic E-state index is 0.0964. The first-order chi connectivity index (χ1) is 15.3. The fraction of sp³-hybridized carbons (Fsp3) is 0.360. The molecule has 1 aliphatic heterocycles. The Hall–Kier alpha value is -3.48. The summed E-state index contributed by atoms with van der Waals surface area (Å²) in [5.41, 5.74) is 2.91. The zero-order chi connectivity index (χ0) is 22.5. The lowest BCUT2D eigenvalue weighted by Crippen LogP contribution is -2.36. The smallest absolute Gasteiger partial charge is 0.258 e. The predicted molar refractivity (Wildman–Crippen MR) is 119 cm³/mol. The van der Waals surface area contributed by atoms with Crippen molar-refractivity contribution in [2.75, 3.05) is 6.61 Å². The highest BCUT2D eigenvalue weighted by atomic mass is 16.5. The van der Waals surface area contributed by atoms with Gasteiger partial charge >= 0.3 is 0 Å². The van der Waals surface area contributed by atoms with Gasteiger partial charge in [-0.15, -0.1) is 0 Å². The number of fused-ring (bicyclic) bond motifs is 4. The fourth-order valence-electron chi connectivity index (χ4n) is 4.77. The molecule has 166 valence electrons. The van der Waals surface area contributed by atoms with E-state index in [1.165, 1.54) is 17.0 Å². The molecule has 2 heterocycles. The SMILES string of the molecule is CC1(C)CC(=O)c2c(O)cc(OCC(=O)N[C@@H]3CCCc4c3[nH]c3ccccc43)cc2O1. The zero-order valence-corrected chi connectivity index (χ0v) is 18.2. The number of hydrogen-bond donors (Lipinski definition) is 3. The molecule has 3 aromatic rings. The molecule has 7 nitrogen and oxygen atoms in total. The van der Waals surface area contributed by atoms with E-state index in [0.717, 1.165) is 30.5 Å². The van der Waals surface area contributed by atoms with Crippen molar-refractivity contribution in [1.29, 1.82) is 0 Å². The number of aromatic nitrogens is 1. The molecule has 7 heteroatoms. The molecule has 0 bridgehead atoms. The summed E-state index contributed by atoms with van der Waals surface area (Å²) in [6.07, 6.45) is 3.04. The molecule has 0 spiro atoms. The Morgan fingerprint density at radius 3 is 2.97 bits per heavy atom. The van der Waals surface area contributed by atoms with Crippen molar-refractivity contribution in [3.8, 4) is 17.2 Å². The number of nitrogens with one attached hydrogen (secondary N) is 2. The molecule has 0 saturated carbocycles. The summed E-state index contributed by atoms with van der Waals surface area (Å²) in [7, 11) is 0. The first-order valence-corrected chi connectivity index (χ1v) is 10.9. The van der Waals surface area contributed by atoms with Crippen molar-refractivity contribution in [1.82, 2.24) is 10.3 Å². The number of para-hydroxylation sites is 1. The lowest BCUT2D eigenvalue weighted by Gasteiger charge is -2.32. The van der Waals surface area contributed by atoms with Crippen molar-refractivity contribution < 1.29 is 24.2 Å². The first-order valence-electron chi connectivity index (χ1n) is 10.9. The Bertz CT molecular complexity index is 1230. The van der Waals surface area contributed by atoms with Crippen molar-refractivity contribution in [2.24, 2.45) is 0 Å². The van der Waals surface area contributed by atoms with Crippen molar-refractivity contribution in [2.45, 2.75) is 51.2 Å². The molecule has 1 aliphatic carbocycles. The molecule has 0 unspecified atom stereocenters. The molecule has 1 aromatic heterocycles. The number of benzene rings is 2. The Labute approximate surface area is 185 Å². The number of hydrogen-bond acceptors (Lipinski definition) is 5. The molecule has 1 amide bonds. The van der Waals surface area contributed by atoms with Crippen LogP contribution in [0, 0.1) is 0 Å². The molecular formula is C25H26N2O5. The van der Waals surface area contributed by atoms with E-state index in [1.807, 2.05) is 32.0 Å². The quantitative estimate of drug-likeness (QED) is 0.572. The van der Waals surface area contributed by atoms with Gasteiger partial charge < -0.3 is 24.9 Å². The zero-order valence-electron chi connectivity index (χ0n) is 18.2. The van der Waals surface area contributed by atoms with Crippen molar-refractivity contribution in [3.05, 3.63) is 53.2 Å². The number of aromatic hydroxyl groups is 1. The maximum Gasteiger partial charge on any atom is 0.258 e. The summed E-state index contributed by atoms with van der Waals surface area (Å²) < 4.78 is 11.5. The third-order valence-electron chi connectivity index (χ3n) is 6.13. The molecule has 0 saturated heterocycles. The molecule has 1 atom stereocenters. The van der Waals surface area contributed by atoms with E-state index in [-0.39, 0.29) is 53.6 Å². The summed E-state index contributed by atoms with van der Waals surface area (Å²) in [5, 5.41) is 14.6. The topological polar surface area (TPSA) is 101 Å². The van der Waals surface area contributed by atoms with Gasteiger partial charge in [0.05, 0.1) is 12.5 Å². The van der Waals surface area contributed by atoms with Gasteiger partial charge in [-0.1, -0.05) is 18.2 Å². The summed E-state index contributed by atoms with van der Waals surface area (Å²) in [5.74, 6) is -0.0811. The third kappa shape index (κ3) is 3.68. The molecule has 32 heavy (non-hydrogen) atoms. The number of amides is 1. The normalized spacial score (nSPS) is 19.1. The van der Waals surface area contributed by atoms with E-state index in [0.29, 0.717) is 0 Å². The maximum atomic E-state index is 12.6. The summed E-state index contributed by atoms with van der Waals surface area (Å²) in [6, 6.07) is 11.0. The highest BCUT2D eigenvalue weighted by molar-refractivity contribution is 6.03. The number of Topliss-reactive ketones (excluding diaryl/α,β-unsaturated/α-hetero) is 1. The van der Waals surface area contributed by atoms with Gasteiger partial charge in [0.15, 0.2) is 12.4 Å². The number of aryl methyl sites for hydroxylation is 1. The largest absolute Gasteiger partial charge is 0.507 e. The lowest BCUT2D eigenvalue weighted by molar-refractivity contribution is -0.124. The van der Waals surface area contributed by atoms with Crippen LogP contribution in [0.15, 0.2) is 36.4 Å². The third-order valence-corrected chi connectivity index (χ3v) is 6.13. The van der Waals surface area contributed by atoms with Gasteiger partial charge in [-0.2, -0.15) is 0 Å². The van der Waals surface area contributed by atoms with E-state index in [9.17, 15) is 14.7 Å². The fourth-order valence-corrected chi connectivity index (χ4v) is 4.77. The number of phenols is 1. The van der Waals surface area contributed by atoms with Gasteiger partial charge in [-0.25, -0.2) is 0 Å². The average molecular weight is 434 g/mol. The number of carbonyl (C=O) groups excluding carboxylic acids is 2. The Kier molecular flexibility index (Phi) is 4.84. The van der Waals surface area contributed by atoms with Crippen molar-refractivity contribution in [3.63, 3.8) is 0 Å². The van der Waals surface area contributed by atoms with Gasteiger partial charge in [0, 0.05) is 28.7 Å². The molecule has 5 rings (SSSR count). The van der Waals surface area contributed by atoms with E-state index in [1.54, 1.807) is 6.07 Å². The van der Waals surface area contributed by atoms with Gasteiger partial charge in [-0.05, 0) is 44.7 Å². The van der Waals surface area contributed by atoms with Crippen molar-refractivity contribution >= 4 is 22.6 Å². The predicted octanol–water partition coefficient (Wildman–Crippen LogP) is 4.19. The van der Waals surface area contributed by atoms with Gasteiger partial charge in [0.25, 0.3) is 5.91 Å². The number of aromatic amines is 1. The maximum absolute atomic E-state index is 12.6.